The normalized spacial score (nSPS) is 15.7. The van der Waals surface area contributed by atoms with Crippen LogP contribution in [0.2, 0.25) is 0 Å². The molecule has 1 rings (SSSR count). The maximum atomic E-state index is 13.7. The Morgan fingerprint density at radius 1 is 0.487 bits per heavy atom. The molecule has 0 bridgehead atoms. The van der Waals surface area contributed by atoms with Crippen LogP contribution < -0.4 is 29.6 Å². The number of hydrogen-bond acceptors (Lipinski definition) is 3. The van der Waals surface area contributed by atoms with E-state index in [1.54, 1.807) is 0 Å². The fourth-order valence-electron chi connectivity index (χ4n) is 2.17. The number of halogens is 19. The third-order valence-electron chi connectivity index (χ3n) is 4.33. The van der Waals surface area contributed by atoms with Crippen LogP contribution in [0.15, 0.2) is 35.2 Å². The van der Waals surface area contributed by atoms with Crippen LogP contribution in [0.4, 0.5) is 83.4 Å². The molecule has 0 unspecified atom stereocenters. The molecular weight excluding hydrogens is 644 g/mol. The zero-order valence-electron chi connectivity index (χ0n) is 18.7. The van der Waals surface area contributed by atoms with Crippen LogP contribution in [0.25, 0.3) is 0 Å². The summed E-state index contributed by atoms with van der Waals surface area (Å²) < 4.78 is 276. The molecule has 0 N–H and O–H groups in total. The molecule has 39 heavy (non-hydrogen) atoms. The molecule has 0 aliphatic heterocycles. The Bertz CT molecular complexity index is 1120. The summed E-state index contributed by atoms with van der Waals surface area (Å²) in [6.45, 7) is 0. The van der Waals surface area contributed by atoms with E-state index in [4.69, 9.17) is 0 Å². The second-order valence-corrected chi connectivity index (χ2v) is 8.43. The van der Waals surface area contributed by atoms with Gasteiger partial charge in [-0.05, 0) is 12.1 Å². The van der Waals surface area contributed by atoms with E-state index in [1.807, 2.05) is 0 Å². The topological polar surface area (TPSA) is 43.4 Å². The molecule has 1 aromatic rings. The Balaban J connectivity index is 0. The summed E-state index contributed by atoms with van der Waals surface area (Å²) in [5, 5.41) is 0. The van der Waals surface area contributed by atoms with Gasteiger partial charge in [0.2, 0.25) is 0 Å². The van der Waals surface area contributed by atoms with Crippen molar-refractivity contribution in [1.29, 1.82) is 0 Å². The first kappa shape index (κ1) is 37.8. The van der Waals surface area contributed by atoms with Crippen molar-refractivity contribution in [1.82, 2.24) is 0 Å². The van der Waals surface area contributed by atoms with Crippen molar-refractivity contribution in [3.05, 3.63) is 30.3 Å². The van der Waals surface area contributed by atoms with Crippen LogP contribution in [-0.4, -0.2) is 62.2 Å². The molecule has 0 radical (unpaired) electrons. The van der Waals surface area contributed by atoms with E-state index in [0.717, 1.165) is 6.07 Å². The van der Waals surface area contributed by atoms with Gasteiger partial charge in [-0.3, -0.25) is 0 Å². The Morgan fingerprint density at radius 2 is 0.769 bits per heavy atom. The first-order chi connectivity index (χ1) is 16.3. The largest absolute Gasteiger partial charge is 1.00 e. The van der Waals surface area contributed by atoms with E-state index in [0.29, 0.717) is 12.1 Å². The van der Waals surface area contributed by atoms with Crippen LogP contribution in [0.5, 0.6) is 0 Å². The van der Waals surface area contributed by atoms with Crippen LogP contribution in [0, 0.1) is 0 Å². The average Bonchev–Trinajstić information content (AvgIpc) is 2.71. The standard InChI is InChI=1S/C15H5F19O3S.Na.H/c16-7(17,8(18,19)10(22,23)12(26,27)14(30,31)32)9(20,21)11(24,25)13(28,29)15(33,34)37-38(35,36)6-4-2-1-3-5-6;;/h1-5H;;/q;+1;-1. The van der Waals surface area contributed by atoms with E-state index in [1.165, 1.54) is 0 Å². The zero-order valence-corrected chi connectivity index (χ0v) is 20.5. The minimum atomic E-state index is -9.11. The summed E-state index contributed by atoms with van der Waals surface area (Å²) in [7, 11) is -6.42. The first-order valence-corrected chi connectivity index (χ1v) is 9.82. The molecule has 0 saturated heterocycles. The molecule has 3 nitrogen and oxygen atoms in total. The Morgan fingerprint density at radius 3 is 1.08 bits per heavy atom. The summed E-state index contributed by atoms with van der Waals surface area (Å²) >= 11 is 0. The minimum absolute atomic E-state index is 0. The molecule has 24 heteroatoms. The molecular formula is C15H6F19NaO3S. The molecule has 0 atom stereocenters. The maximum Gasteiger partial charge on any atom is 1.00 e. The van der Waals surface area contributed by atoms with Gasteiger partial charge >= 0.3 is 93.4 Å². The molecule has 224 valence electrons. The van der Waals surface area contributed by atoms with E-state index in [-0.39, 0.29) is 43.1 Å². The van der Waals surface area contributed by atoms with Gasteiger partial charge in [0, 0.05) is 0 Å². The summed E-state index contributed by atoms with van der Waals surface area (Å²) in [4.78, 5) is -1.61. The van der Waals surface area contributed by atoms with E-state index in [2.05, 4.69) is 4.18 Å². The SMILES string of the molecule is O=S(=O)(OC(F)(F)C(F)(F)C(F)(F)C(F)(F)C(F)(F)C(F)(F)C(F)(F)C(F)(F)C(F)(F)F)c1ccccc1.[H-].[Na+]. The molecule has 0 fully saturated rings. The molecule has 0 saturated carbocycles. The Labute approximate surface area is 226 Å². The van der Waals surface area contributed by atoms with Crippen LogP contribution in [0.3, 0.4) is 0 Å². The van der Waals surface area contributed by atoms with Crippen molar-refractivity contribution >= 4 is 10.1 Å². The summed E-state index contributed by atoms with van der Waals surface area (Å²) in [5.41, 5.74) is 0. The number of rotatable bonds is 10. The Kier molecular flexibility index (Phi) is 9.94. The molecule has 0 amide bonds. The van der Waals surface area contributed by atoms with Crippen molar-refractivity contribution in [3.63, 3.8) is 0 Å². The zero-order chi connectivity index (χ0) is 30.8. The number of hydrogen-bond donors (Lipinski definition) is 0. The fourth-order valence-corrected chi connectivity index (χ4v) is 3.14. The molecule has 1 aromatic carbocycles. The minimum Gasteiger partial charge on any atom is -1.00 e. The number of benzene rings is 1. The van der Waals surface area contributed by atoms with Crippen LogP contribution in [-0.2, 0) is 14.3 Å². The van der Waals surface area contributed by atoms with Gasteiger partial charge in [0.25, 0.3) is 0 Å². The maximum absolute atomic E-state index is 13.7. The van der Waals surface area contributed by atoms with Crippen LogP contribution >= 0.6 is 0 Å². The van der Waals surface area contributed by atoms with Crippen molar-refractivity contribution in [2.75, 3.05) is 0 Å². The fraction of sp³-hybridized carbons (Fsp3) is 0.600. The van der Waals surface area contributed by atoms with Gasteiger partial charge in [-0.2, -0.15) is 96.0 Å². The summed E-state index contributed by atoms with van der Waals surface area (Å²) in [5.74, 6) is -61.7. The van der Waals surface area contributed by atoms with Gasteiger partial charge in [0.05, 0.1) is 4.90 Å². The first-order valence-electron chi connectivity index (χ1n) is 8.41. The van der Waals surface area contributed by atoms with Gasteiger partial charge in [0.1, 0.15) is 0 Å². The van der Waals surface area contributed by atoms with Gasteiger partial charge in [0.15, 0.2) is 0 Å². The third kappa shape index (κ3) is 5.41. The molecule has 0 heterocycles. The summed E-state index contributed by atoms with van der Waals surface area (Å²) in [6, 6.07) is 2.62. The number of alkyl halides is 19. The average molecular weight is 650 g/mol. The van der Waals surface area contributed by atoms with E-state index < -0.39 is 68.8 Å². The van der Waals surface area contributed by atoms with Gasteiger partial charge < -0.3 is 1.43 Å². The van der Waals surface area contributed by atoms with Crippen molar-refractivity contribution in [2.24, 2.45) is 0 Å². The quantitative estimate of drug-likeness (QED) is 0.218. The van der Waals surface area contributed by atoms with Crippen molar-refractivity contribution in [2.45, 2.75) is 58.6 Å². The smallest absolute Gasteiger partial charge is 1.00 e. The second-order valence-electron chi connectivity index (χ2n) is 6.89. The van der Waals surface area contributed by atoms with Gasteiger partial charge in [-0.25, -0.2) is 0 Å². The van der Waals surface area contributed by atoms with Gasteiger partial charge in [-0.1, -0.05) is 18.2 Å². The van der Waals surface area contributed by atoms with E-state index in [9.17, 15) is 91.8 Å². The molecule has 0 aliphatic rings. The van der Waals surface area contributed by atoms with Crippen LogP contribution in [0.1, 0.15) is 1.43 Å². The molecule has 0 aromatic heterocycles. The van der Waals surface area contributed by atoms with Crippen molar-refractivity contribution in [3.8, 4) is 0 Å². The van der Waals surface area contributed by atoms with Gasteiger partial charge in [-0.15, -0.1) is 0 Å². The monoisotopic (exact) mass is 650 g/mol. The summed E-state index contributed by atoms with van der Waals surface area (Å²) in [6.07, 6.45) is -15.6. The Hall–Kier alpha value is -1.20. The van der Waals surface area contributed by atoms with Crippen molar-refractivity contribution < 1.29 is 127 Å². The second kappa shape index (κ2) is 10.3. The predicted octanol–water partition coefficient (Wildman–Crippen LogP) is 4.11. The predicted molar refractivity (Wildman–Crippen MR) is 81.5 cm³/mol. The molecule has 0 aliphatic carbocycles. The third-order valence-corrected chi connectivity index (χ3v) is 5.61. The molecule has 0 spiro atoms. The van der Waals surface area contributed by atoms with E-state index >= 15 is 0 Å².